The van der Waals surface area contributed by atoms with Gasteiger partial charge in [0, 0.05) is 35.9 Å². The van der Waals surface area contributed by atoms with E-state index in [2.05, 4.69) is 10.3 Å². The number of hydrogen-bond donors (Lipinski definition) is 2. The van der Waals surface area contributed by atoms with Crippen LogP contribution in [0.5, 0.6) is 0 Å². The van der Waals surface area contributed by atoms with Crippen molar-refractivity contribution in [2.24, 2.45) is 0 Å². The van der Waals surface area contributed by atoms with Crippen molar-refractivity contribution in [1.82, 2.24) is 10.3 Å². The van der Waals surface area contributed by atoms with Gasteiger partial charge in [-0.3, -0.25) is 4.98 Å². The minimum atomic E-state index is -1.24. The van der Waals surface area contributed by atoms with Crippen molar-refractivity contribution in [3.8, 4) is 22.3 Å². The number of halogens is 1. The molecule has 6 nitrogen and oxygen atoms in total. The first-order valence-corrected chi connectivity index (χ1v) is 11.5. The van der Waals surface area contributed by atoms with Crippen molar-refractivity contribution in [1.29, 1.82) is 0 Å². The van der Waals surface area contributed by atoms with Gasteiger partial charge in [0.15, 0.2) is 0 Å². The predicted molar refractivity (Wildman–Crippen MR) is 133 cm³/mol. The number of benzene rings is 3. The molecule has 5 rings (SSSR count). The zero-order valence-electron chi connectivity index (χ0n) is 19.2. The van der Waals surface area contributed by atoms with Gasteiger partial charge in [-0.05, 0) is 39.9 Å². The Labute approximate surface area is 207 Å². The third-order valence-electron chi connectivity index (χ3n) is 6.35. The van der Waals surface area contributed by atoms with Crippen LogP contribution in [0.25, 0.3) is 22.3 Å². The molecule has 0 bridgehead atoms. The van der Waals surface area contributed by atoms with Crippen LogP contribution < -0.4 is 5.32 Å². The monoisotopic (exact) mass is 482 g/mol. The third-order valence-corrected chi connectivity index (χ3v) is 6.35. The number of rotatable bonds is 7. The maximum atomic E-state index is 14.2. The molecule has 0 fully saturated rings. The number of carboxylic acid groups (broad SMARTS) is 1. The topological polar surface area (TPSA) is 88.5 Å². The second-order valence-corrected chi connectivity index (χ2v) is 8.63. The third kappa shape index (κ3) is 4.68. The van der Waals surface area contributed by atoms with Crippen molar-refractivity contribution in [2.45, 2.75) is 18.4 Å². The largest absolute Gasteiger partial charge is 0.480 e. The summed E-state index contributed by atoms with van der Waals surface area (Å²) in [5.41, 5.74) is 5.77. The molecule has 0 saturated carbocycles. The number of nitrogens with one attached hydrogen (secondary N) is 1. The molecule has 1 heterocycles. The smallest absolute Gasteiger partial charge is 0.407 e. The summed E-state index contributed by atoms with van der Waals surface area (Å²) in [5, 5.41) is 12.1. The SMILES string of the molecule is O=C(N[C@@H](Cc1cncc(-c2ccccc2F)c1)C(=O)O)OCC1c2ccccc2-c2ccccc21. The van der Waals surface area contributed by atoms with Crippen LogP contribution in [-0.2, 0) is 16.0 Å². The van der Waals surface area contributed by atoms with Gasteiger partial charge in [-0.25, -0.2) is 14.0 Å². The molecule has 1 aliphatic carbocycles. The molecule has 0 spiro atoms. The predicted octanol–water partition coefficient (Wildman–Crippen LogP) is 5.42. The fraction of sp³-hybridized carbons (Fsp3) is 0.138. The van der Waals surface area contributed by atoms with Crippen LogP contribution >= 0.6 is 0 Å². The summed E-state index contributed by atoms with van der Waals surface area (Å²) in [7, 11) is 0. The molecule has 4 aromatic rings. The Morgan fingerprint density at radius 2 is 1.53 bits per heavy atom. The fourth-order valence-electron chi connectivity index (χ4n) is 4.66. The number of aromatic nitrogens is 1. The lowest BCUT2D eigenvalue weighted by Gasteiger charge is -2.17. The summed E-state index contributed by atoms with van der Waals surface area (Å²) in [6.07, 6.45) is 2.16. The van der Waals surface area contributed by atoms with E-state index in [9.17, 15) is 19.1 Å². The maximum absolute atomic E-state index is 14.2. The Kier molecular flexibility index (Phi) is 6.45. The van der Waals surface area contributed by atoms with Crippen molar-refractivity contribution in [3.63, 3.8) is 0 Å². The Morgan fingerprint density at radius 3 is 2.17 bits per heavy atom. The average molecular weight is 483 g/mol. The van der Waals surface area contributed by atoms with Crippen LogP contribution in [0.15, 0.2) is 91.3 Å². The van der Waals surface area contributed by atoms with E-state index >= 15 is 0 Å². The van der Waals surface area contributed by atoms with Gasteiger partial charge in [0.05, 0.1) is 0 Å². The molecule has 3 aromatic carbocycles. The molecule has 0 saturated heterocycles. The van der Waals surface area contributed by atoms with Crippen LogP contribution in [0.4, 0.5) is 9.18 Å². The van der Waals surface area contributed by atoms with E-state index in [1.807, 2.05) is 48.5 Å². The Morgan fingerprint density at radius 1 is 0.917 bits per heavy atom. The Balaban J connectivity index is 1.27. The summed E-state index contributed by atoms with van der Waals surface area (Å²) in [4.78, 5) is 28.6. The molecule has 1 aromatic heterocycles. The Hall–Kier alpha value is -4.52. The highest BCUT2D eigenvalue weighted by molar-refractivity contribution is 5.81. The zero-order valence-corrected chi connectivity index (χ0v) is 19.2. The van der Waals surface area contributed by atoms with Crippen molar-refractivity contribution in [3.05, 3.63) is 114 Å². The van der Waals surface area contributed by atoms with Crippen LogP contribution in [0.2, 0.25) is 0 Å². The van der Waals surface area contributed by atoms with Crippen LogP contribution in [0.1, 0.15) is 22.6 Å². The molecule has 0 radical (unpaired) electrons. The van der Waals surface area contributed by atoms with Gasteiger partial charge >= 0.3 is 12.1 Å². The quantitative estimate of drug-likeness (QED) is 0.367. The second kappa shape index (κ2) is 10.00. The van der Waals surface area contributed by atoms with Crippen molar-refractivity contribution >= 4 is 12.1 Å². The molecule has 36 heavy (non-hydrogen) atoms. The standard InChI is InChI=1S/C29H23FN2O4/c30-26-12-6-5-7-20(26)19-13-18(15-31-16-19)14-27(28(33)34)32-29(35)36-17-25-23-10-3-1-8-21(23)22-9-2-4-11-24(22)25/h1-13,15-16,25,27H,14,17H2,(H,32,35)(H,33,34)/t27-/m0/s1. The summed E-state index contributed by atoms with van der Waals surface area (Å²) >= 11 is 0. The molecule has 1 atom stereocenters. The minimum Gasteiger partial charge on any atom is -0.480 e. The van der Waals surface area contributed by atoms with Gasteiger partial charge in [-0.15, -0.1) is 0 Å². The zero-order chi connectivity index (χ0) is 25.1. The van der Waals surface area contributed by atoms with E-state index in [1.54, 1.807) is 24.3 Å². The highest BCUT2D eigenvalue weighted by atomic mass is 19.1. The summed E-state index contributed by atoms with van der Waals surface area (Å²) < 4.78 is 19.7. The number of carbonyl (C=O) groups excluding carboxylic acids is 1. The molecular weight excluding hydrogens is 459 g/mol. The number of pyridine rings is 1. The molecule has 7 heteroatoms. The van der Waals surface area contributed by atoms with Gasteiger partial charge in [0.1, 0.15) is 18.5 Å². The first-order chi connectivity index (χ1) is 17.5. The van der Waals surface area contributed by atoms with E-state index in [0.29, 0.717) is 16.7 Å². The van der Waals surface area contributed by atoms with E-state index in [4.69, 9.17) is 4.74 Å². The summed E-state index contributed by atoms with van der Waals surface area (Å²) in [5.74, 6) is -1.74. The van der Waals surface area contributed by atoms with E-state index in [-0.39, 0.29) is 18.9 Å². The van der Waals surface area contributed by atoms with Crippen LogP contribution in [0, 0.1) is 5.82 Å². The fourth-order valence-corrected chi connectivity index (χ4v) is 4.66. The number of hydrogen-bond acceptors (Lipinski definition) is 4. The highest BCUT2D eigenvalue weighted by Gasteiger charge is 2.30. The first-order valence-electron chi connectivity index (χ1n) is 11.5. The molecule has 0 unspecified atom stereocenters. The van der Waals surface area contributed by atoms with Gasteiger partial charge in [0.2, 0.25) is 0 Å². The van der Waals surface area contributed by atoms with Crippen LogP contribution in [-0.4, -0.2) is 34.8 Å². The van der Waals surface area contributed by atoms with E-state index in [1.165, 1.54) is 18.5 Å². The lowest BCUT2D eigenvalue weighted by atomic mass is 9.98. The number of alkyl carbamates (subject to hydrolysis) is 1. The van der Waals surface area contributed by atoms with E-state index in [0.717, 1.165) is 22.3 Å². The summed E-state index contributed by atoms with van der Waals surface area (Å²) in [6.45, 7) is 0.0799. The van der Waals surface area contributed by atoms with Gasteiger partial charge in [-0.2, -0.15) is 0 Å². The Bertz CT molecular complexity index is 1390. The lowest BCUT2D eigenvalue weighted by Crippen LogP contribution is -2.43. The van der Waals surface area contributed by atoms with Crippen LogP contribution in [0.3, 0.4) is 0 Å². The molecule has 0 aliphatic heterocycles. The van der Waals surface area contributed by atoms with Crippen molar-refractivity contribution < 1.29 is 23.8 Å². The number of carbonyl (C=O) groups is 2. The van der Waals surface area contributed by atoms with Gasteiger partial charge in [0.25, 0.3) is 0 Å². The lowest BCUT2D eigenvalue weighted by molar-refractivity contribution is -0.139. The highest BCUT2D eigenvalue weighted by Crippen LogP contribution is 2.44. The minimum absolute atomic E-state index is 0.0329. The first kappa shape index (κ1) is 23.2. The molecule has 1 aliphatic rings. The van der Waals surface area contributed by atoms with E-state index < -0.39 is 23.9 Å². The molecular formula is C29H23FN2O4. The van der Waals surface area contributed by atoms with Gasteiger partial charge < -0.3 is 15.2 Å². The molecule has 2 N–H and O–H groups in total. The van der Waals surface area contributed by atoms with Crippen molar-refractivity contribution in [2.75, 3.05) is 6.61 Å². The van der Waals surface area contributed by atoms with Gasteiger partial charge in [-0.1, -0.05) is 66.7 Å². The number of aliphatic carboxylic acids is 1. The number of nitrogens with zero attached hydrogens (tertiary/aromatic N) is 1. The molecule has 180 valence electrons. The second-order valence-electron chi connectivity index (χ2n) is 8.63. The number of ether oxygens (including phenoxy) is 1. The normalized spacial score (nSPS) is 12.9. The number of amides is 1. The maximum Gasteiger partial charge on any atom is 0.407 e. The number of fused-ring (bicyclic) bond motifs is 3. The summed E-state index contributed by atoms with van der Waals surface area (Å²) in [6, 6.07) is 22.6. The average Bonchev–Trinajstić information content (AvgIpc) is 3.21. The number of carboxylic acids is 1. The molecule has 1 amide bonds.